The molecule has 13 aromatic carbocycles. The van der Waals surface area contributed by atoms with Crippen molar-refractivity contribution in [2.24, 2.45) is 0 Å². The number of fused-ring (bicyclic) bond motifs is 14. The molecule has 6 nitrogen and oxygen atoms in total. The lowest BCUT2D eigenvalue weighted by atomic mass is 9.31. The fraction of sp³-hybridized carbons (Fsp3) is 0. The zero-order valence-corrected chi connectivity index (χ0v) is 46.7. The van der Waals surface area contributed by atoms with Gasteiger partial charge in [-0.15, -0.1) is 0 Å². The summed E-state index contributed by atoms with van der Waals surface area (Å²) in [7, 11) is 0. The maximum absolute atomic E-state index is 2.63. The summed E-state index contributed by atoms with van der Waals surface area (Å²) in [6, 6.07) is 113. The molecule has 0 saturated carbocycles. The Balaban J connectivity index is 0.949. The van der Waals surface area contributed by atoms with E-state index in [0.717, 1.165) is 68.2 Å². The number of rotatable bonds is 6. The molecule has 0 amide bonds. The summed E-state index contributed by atoms with van der Waals surface area (Å²) in [5, 5.41) is 4.94. The first-order valence-corrected chi connectivity index (χ1v) is 29.8. The number of hydrogen-bond acceptors (Lipinski definition) is 4. The van der Waals surface area contributed by atoms with Crippen LogP contribution in [-0.4, -0.2) is 22.6 Å². The highest BCUT2D eigenvalue weighted by Crippen LogP contribution is 2.56. The molecule has 0 spiro atoms. The normalized spacial score (nSPS) is 13.4. The molecule has 6 heterocycles. The molecule has 86 heavy (non-hydrogen) atoms. The lowest BCUT2D eigenvalue weighted by Crippen LogP contribution is -2.64. The monoisotopic (exact) mass is 1090 g/mol. The molecule has 4 aliphatic heterocycles. The van der Waals surface area contributed by atoms with Gasteiger partial charge in [-0.2, -0.15) is 0 Å². The molecular formula is C78H50B2N6. The molecule has 0 N–H and O–H groups in total. The summed E-state index contributed by atoms with van der Waals surface area (Å²) in [6.45, 7) is -0.302. The van der Waals surface area contributed by atoms with Gasteiger partial charge in [0.05, 0.1) is 50.5 Å². The molecule has 0 fully saturated rings. The van der Waals surface area contributed by atoms with Gasteiger partial charge in [0.15, 0.2) is 0 Å². The third-order valence-electron chi connectivity index (χ3n) is 18.8. The van der Waals surface area contributed by atoms with Crippen LogP contribution >= 0.6 is 0 Å². The third kappa shape index (κ3) is 6.58. The first kappa shape index (κ1) is 47.3. The van der Waals surface area contributed by atoms with Crippen LogP contribution in [0.25, 0.3) is 55.0 Å². The Bertz CT molecular complexity index is 4850. The second-order valence-corrected chi connectivity index (χ2v) is 23.2. The molecule has 19 rings (SSSR count). The van der Waals surface area contributed by atoms with E-state index in [1.807, 2.05) is 0 Å². The first-order chi connectivity index (χ1) is 42.7. The predicted molar refractivity (Wildman–Crippen MR) is 363 cm³/mol. The fourth-order valence-corrected chi connectivity index (χ4v) is 15.4. The van der Waals surface area contributed by atoms with Crippen LogP contribution in [0.5, 0.6) is 0 Å². The quantitative estimate of drug-likeness (QED) is 0.155. The molecule has 2 aromatic heterocycles. The van der Waals surface area contributed by atoms with Crippen LogP contribution in [0.15, 0.2) is 303 Å². The third-order valence-corrected chi connectivity index (χ3v) is 18.8. The van der Waals surface area contributed by atoms with Gasteiger partial charge in [0.25, 0.3) is 6.71 Å². The van der Waals surface area contributed by atoms with Gasteiger partial charge in [-0.05, 0) is 137 Å². The van der Waals surface area contributed by atoms with Crippen molar-refractivity contribution >= 4 is 158 Å². The number of hydrogen-bond donors (Lipinski definition) is 0. The summed E-state index contributed by atoms with van der Waals surface area (Å²) in [4.78, 5) is 10.2. The van der Waals surface area contributed by atoms with Gasteiger partial charge in [0.1, 0.15) is 0 Å². The Hall–Kier alpha value is -11.2. The van der Waals surface area contributed by atoms with E-state index in [9.17, 15) is 0 Å². The van der Waals surface area contributed by atoms with Crippen molar-refractivity contribution in [2.45, 2.75) is 0 Å². The van der Waals surface area contributed by atoms with Crippen molar-refractivity contribution < 1.29 is 0 Å². The Morgan fingerprint density at radius 3 is 1.10 bits per heavy atom. The van der Waals surface area contributed by atoms with Crippen molar-refractivity contribution in [3.8, 4) is 11.4 Å². The summed E-state index contributed by atoms with van der Waals surface area (Å²) in [5.74, 6) is 0. The Labute approximate surface area is 498 Å². The summed E-state index contributed by atoms with van der Waals surface area (Å²) in [5.41, 5.74) is 28.2. The molecule has 8 heteroatoms. The highest BCUT2D eigenvalue weighted by molar-refractivity contribution is 7.02. The van der Waals surface area contributed by atoms with Crippen molar-refractivity contribution in [1.82, 2.24) is 9.13 Å². The van der Waals surface area contributed by atoms with Crippen LogP contribution in [-0.2, 0) is 0 Å². The molecule has 0 aliphatic carbocycles. The summed E-state index contributed by atoms with van der Waals surface area (Å²) in [6.07, 6.45) is 0. The van der Waals surface area contributed by atoms with E-state index in [4.69, 9.17) is 0 Å². The largest absolute Gasteiger partial charge is 0.311 e. The minimum atomic E-state index is -0.166. The van der Waals surface area contributed by atoms with Gasteiger partial charge in [0.2, 0.25) is 6.71 Å². The zero-order valence-electron chi connectivity index (χ0n) is 46.7. The minimum Gasteiger partial charge on any atom is -0.311 e. The maximum Gasteiger partial charge on any atom is 0.252 e. The van der Waals surface area contributed by atoms with E-state index in [1.165, 1.54) is 87.8 Å². The Morgan fingerprint density at radius 1 is 0.209 bits per heavy atom. The predicted octanol–water partition coefficient (Wildman–Crippen LogP) is 16.0. The SMILES string of the molecule is c1ccc(B2c3cc4c(cc3N3c5ccccc5N(c5ccccc5)c5cc(-n6c7ccccc7c7ccccc76)cc2c53)N(c2ccccc2)c2cc(-n3c5ccccc5c5ccccc53)cc3c2B4c2ccccc2N3c2ccccc2)cc1. The van der Waals surface area contributed by atoms with Crippen LogP contribution in [0.4, 0.5) is 68.2 Å². The molecule has 0 bridgehead atoms. The van der Waals surface area contributed by atoms with Crippen molar-refractivity contribution in [3.63, 3.8) is 0 Å². The lowest BCUT2D eigenvalue weighted by molar-refractivity contribution is 1.14. The standard InChI is InChI=1S/C78H50B2N6/c1-5-25-51(26-6-1)79-62-49-63-72(50-73(62)86-71-44-24-23-43-70(71)82(53-29-9-3-10-30-53)76-48-55(45-64(79)78(76)86)84-65-38-18-13-33-57(65)58-34-14-19-39-66(58)84)83(54-31-11-4-12-32-54)75-47-56(85-67-40-20-15-35-59(67)60-36-16-21-41-68(60)85)46-74-77(75)80(63)61-37-17-22-42-69(61)81(74)52-27-7-2-8-28-52/h1-50H. The number of benzene rings is 13. The van der Waals surface area contributed by atoms with Crippen LogP contribution in [0, 0.1) is 0 Å². The number of anilines is 12. The van der Waals surface area contributed by atoms with E-state index in [0.29, 0.717) is 0 Å². The summed E-state index contributed by atoms with van der Waals surface area (Å²) < 4.78 is 4.99. The van der Waals surface area contributed by atoms with Crippen molar-refractivity contribution in [3.05, 3.63) is 303 Å². The highest BCUT2D eigenvalue weighted by atomic mass is 15.3. The highest BCUT2D eigenvalue weighted by Gasteiger charge is 2.48. The van der Waals surface area contributed by atoms with Gasteiger partial charge in [-0.25, -0.2) is 0 Å². The smallest absolute Gasteiger partial charge is 0.252 e. The van der Waals surface area contributed by atoms with Gasteiger partial charge in [-0.3, -0.25) is 0 Å². The van der Waals surface area contributed by atoms with Crippen molar-refractivity contribution in [2.75, 3.05) is 19.6 Å². The fourth-order valence-electron chi connectivity index (χ4n) is 15.4. The van der Waals surface area contributed by atoms with Crippen LogP contribution < -0.4 is 52.4 Å². The van der Waals surface area contributed by atoms with Gasteiger partial charge in [-0.1, -0.05) is 200 Å². The average molecular weight is 1090 g/mol. The Morgan fingerprint density at radius 2 is 0.581 bits per heavy atom. The van der Waals surface area contributed by atoms with Gasteiger partial charge in [0, 0.05) is 72.7 Å². The van der Waals surface area contributed by atoms with E-state index in [1.54, 1.807) is 0 Å². The van der Waals surface area contributed by atoms with Crippen molar-refractivity contribution in [1.29, 1.82) is 0 Å². The number of para-hydroxylation sites is 10. The molecule has 4 aliphatic rings. The number of aromatic nitrogens is 2. The number of nitrogens with zero attached hydrogens (tertiary/aromatic N) is 6. The van der Waals surface area contributed by atoms with E-state index < -0.39 is 0 Å². The van der Waals surface area contributed by atoms with Crippen LogP contribution in [0.3, 0.4) is 0 Å². The first-order valence-electron chi connectivity index (χ1n) is 29.8. The second-order valence-electron chi connectivity index (χ2n) is 23.2. The van der Waals surface area contributed by atoms with Crippen LogP contribution in [0.2, 0.25) is 0 Å². The molecule has 15 aromatic rings. The lowest BCUT2D eigenvalue weighted by Gasteiger charge is -2.48. The second kappa shape index (κ2) is 18.1. The molecule has 398 valence electrons. The van der Waals surface area contributed by atoms with Gasteiger partial charge < -0.3 is 28.7 Å². The molecule has 0 saturated heterocycles. The molecule has 0 atom stereocenters. The minimum absolute atomic E-state index is 0.136. The van der Waals surface area contributed by atoms with E-state index >= 15 is 0 Å². The zero-order chi connectivity index (χ0) is 56.1. The average Bonchev–Trinajstić information content (AvgIpc) is 0.889. The van der Waals surface area contributed by atoms with E-state index in [-0.39, 0.29) is 13.4 Å². The van der Waals surface area contributed by atoms with Gasteiger partial charge >= 0.3 is 0 Å². The topological polar surface area (TPSA) is 22.8 Å². The maximum atomic E-state index is 2.63. The van der Waals surface area contributed by atoms with E-state index in [2.05, 4.69) is 332 Å². The Kier molecular flexibility index (Phi) is 9.98. The molecule has 0 unspecified atom stereocenters. The van der Waals surface area contributed by atoms with Crippen LogP contribution in [0.1, 0.15) is 0 Å². The molecular weight excluding hydrogens is 1040 g/mol. The molecule has 0 radical (unpaired) electrons. The summed E-state index contributed by atoms with van der Waals surface area (Å²) >= 11 is 0.